The van der Waals surface area contributed by atoms with Gasteiger partial charge in [0.15, 0.2) is 5.82 Å². The van der Waals surface area contributed by atoms with Gasteiger partial charge in [-0.15, -0.1) is 0 Å². The number of benzene rings is 5. The fraction of sp³-hybridized carbons (Fsp3) is 0.125. The molecule has 0 bridgehead atoms. The fourth-order valence-corrected chi connectivity index (χ4v) is 6.59. The lowest BCUT2D eigenvalue weighted by atomic mass is 9.87. The van der Waals surface area contributed by atoms with E-state index in [9.17, 15) is 4.79 Å². The predicted octanol–water partition coefficient (Wildman–Crippen LogP) is 8.69. The number of imidazole rings is 1. The van der Waals surface area contributed by atoms with Gasteiger partial charge in [-0.1, -0.05) is 104 Å². The molecule has 1 aliphatic carbocycles. The Hall–Kier alpha value is -5.55. The van der Waals surface area contributed by atoms with Crippen molar-refractivity contribution in [2.24, 2.45) is 20.0 Å². The Morgan fingerprint density at radius 2 is 1.33 bits per heavy atom. The molecule has 0 radical (unpaired) electrons. The van der Waals surface area contributed by atoms with E-state index in [0.717, 1.165) is 56.7 Å². The monoisotopic (exact) mass is 584 g/mol. The lowest BCUT2D eigenvalue weighted by molar-refractivity contribution is 0.718. The van der Waals surface area contributed by atoms with Gasteiger partial charge in [0.25, 0.3) is 0 Å². The lowest BCUT2D eigenvalue weighted by Crippen LogP contribution is -2.19. The molecule has 1 aliphatic rings. The number of allylic oxidation sites excluding steroid dienone is 1. The Morgan fingerprint density at radius 3 is 2.13 bits per heavy atom. The molecular weight excluding hydrogens is 552 g/mol. The van der Waals surface area contributed by atoms with Crippen LogP contribution in [-0.2, 0) is 20.5 Å². The average Bonchev–Trinajstić information content (AvgIpc) is 3.31. The number of hydrogen-bond acceptors (Lipinski definition) is 3. The van der Waals surface area contributed by atoms with Crippen LogP contribution in [-0.4, -0.2) is 19.1 Å². The first-order valence-corrected chi connectivity index (χ1v) is 15.4. The van der Waals surface area contributed by atoms with Crippen molar-refractivity contribution < 1.29 is 0 Å². The highest BCUT2D eigenvalue weighted by Crippen LogP contribution is 2.34. The molecule has 5 nitrogen and oxygen atoms in total. The minimum atomic E-state index is -0.0245. The molecule has 8 rings (SSSR count). The fourth-order valence-electron chi connectivity index (χ4n) is 6.59. The highest BCUT2D eigenvalue weighted by atomic mass is 16.1. The predicted molar refractivity (Wildman–Crippen MR) is 185 cm³/mol. The van der Waals surface area contributed by atoms with E-state index in [1.165, 1.54) is 21.9 Å². The number of fused-ring (bicyclic) bond motifs is 4. The SMILES string of the molecule is CC1C=Cc2c(ccc3cc(-c4cc(-c5ccc(-c6ccc7c(c6)n(C)c(=O)n7C)cc5)nc(-c5ccccc5)n4)ccc23)C1. The summed E-state index contributed by atoms with van der Waals surface area (Å²) in [5, 5.41) is 2.49. The van der Waals surface area contributed by atoms with Crippen LogP contribution >= 0.6 is 0 Å². The van der Waals surface area contributed by atoms with Crippen LogP contribution in [0.25, 0.3) is 72.9 Å². The van der Waals surface area contributed by atoms with Gasteiger partial charge in [0.05, 0.1) is 22.4 Å². The molecule has 2 heterocycles. The molecule has 1 atom stereocenters. The molecule has 5 aromatic carbocycles. The van der Waals surface area contributed by atoms with Crippen molar-refractivity contribution in [2.45, 2.75) is 13.3 Å². The number of aromatic nitrogens is 4. The Bertz CT molecular complexity index is 2340. The zero-order valence-corrected chi connectivity index (χ0v) is 25.5. The summed E-state index contributed by atoms with van der Waals surface area (Å²) in [5.41, 5.74) is 11.5. The minimum Gasteiger partial charge on any atom is -0.295 e. The van der Waals surface area contributed by atoms with Crippen LogP contribution in [0.5, 0.6) is 0 Å². The van der Waals surface area contributed by atoms with Crippen LogP contribution in [0.1, 0.15) is 18.1 Å². The van der Waals surface area contributed by atoms with Crippen molar-refractivity contribution in [3.63, 3.8) is 0 Å². The molecule has 0 spiro atoms. The van der Waals surface area contributed by atoms with Crippen LogP contribution in [0.3, 0.4) is 0 Å². The second-order valence-corrected chi connectivity index (χ2v) is 12.1. The summed E-state index contributed by atoms with van der Waals surface area (Å²) in [7, 11) is 3.62. The molecular formula is C40H32N4O. The second-order valence-electron chi connectivity index (χ2n) is 12.1. The van der Waals surface area contributed by atoms with E-state index < -0.39 is 0 Å². The molecule has 0 fully saturated rings. The highest BCUT2D eigenvalue weighted by Gasteiger charge is 2.15. The van der Waals surface area contributed by atoms with Gasteiger partial charge in [0.2, 0.25) is 0 Å². The standard InChI is InChI=1S/C40H32N4O/c1-25-9-18-33-30(21-25)14-15-31-22-32(16-19-34(31)33)36-24-35(41-39(42-36)28-7-5-4-6-8-28)27-12-10-26(11-13-27)29-17-20-37-38(23-29)44(3)40(45)43(37)2/h4-20,22-25H,21H2,1-3H3. The summed E-state index contributed by atoms with van der Waals surface area (Å²) in [6.07, 6.45) is 5.68. The van der Waals surface area contributed by atoms with E-state index in [-0.39, 0.29) is 5.69 Å². The summed E-state index contributed by atoms with van der Waals surface area (Å²) in [5.74, 6) is 1.27. The minimum absolute atomic E-state index is 0.0245. The average molecular weight is 585 g/mol. The van der Waals surface area contributed by atoms with Gasteiger partial charge in [-0.25, -0.2) is 14.8 Å². The van der Waals surface area contributed by atoms with Gasteiger partial charge in [-0.05, 0) is 69.6 Å². The summed E-state index contributed by atoms with van der Waals surface area (Å²) >= 11 is 0. The molecule has 2 aromatic heterocycles. The van der Waals surface area contributed by atoms with Crippen molar-refractivity contribution in [3.05, 3.63) is 137 Å². The van der Waals surface area contributed by atoms with E-state index in [2.05, 4.69) is 104 Å². The molecule has 218 valence electrons. The third-order valence-electron chi connectivity index (χ3n) is 9.12. The molecule has 0 saturated carbocycles. The summed E-state index contributed by atoms with van der Waals surface area (Å²) in [6.45, 7) is 2.27. The first kappa shape index (κ1) is 27.0. The van der Waals surface area contributed by atoms with E-state index >= 15 is 0 Å². The molecule has 0 saturated heterocycles. The third kappa shape index (κ3) is 4.68. The Labute approximate surface area is 261 Å². The van der Waals surface area contributed by atoms with Crippen molar-refractivity contribution in [3.8, 4) is 45.0 Å². The van der Waals surface area contributed by atoms with Gasteiger partial charge >= 0.3 is 5.69 Å². The van der Waals surface area contributed by atoms with Gasteiger partial charge in [-0.2, -0.15) is 0 Å². The maximum Gasteiger partial charge on any atom is 0.328 e. The molecule has 0 amide bonds. The molecule has 0 aliphatic heterocycles. The zero-order chi connectivity index (χ0) is 30.7. The zero-order valence-electron chi connectivity index (χ0n) is 25.5. The van der Waals surface area contributed by atoms with Crippen LogP contribution < -0.4 is 5.69 Å². The smallest absolute Gasteiger partial charge is 0.295 e. The second kappa shape index (κ2) is 10.6. The molecule has 45 heavy (non-hydrogen) atoms. The molecule has 0 N–H and O–H groups in total. The number of nitrogens with zero attached hydrogens (tertiary/aromatic N) is 4. The largest absolute Gasteiger partial charge is 0.328 e. The van der Waals surface area contributed by atoms with Crippen LogP contribution in [0.2, 0.25) is 0 Å². The quantitative estimate of drug-likeness (QED) is 0.208. The number of rotatable bonds is 4. The van der Waals surface area contributed by atoms with Crippen molar-refractivity contribution >= 4 is 27.9 Å². The molecule has 7 aromatic rings. The van der Waals surface area contributed by atoms with Crippen LogP contribution in [0.4, 0.5) is 0 Å². The van der Waals surface area contributed by atoms with Crippen molar-refractivity contribution in [1.29, 1.82) is 0 Å². The van der Waals surface area contributed by atoms with Gasteiger partial charge in [0.1, 0.15) is 0 Å². The molecule has 5 heteroatoms. The van der Waals surface area contributed by atoms with Crippen LogP contribution in [0, 0.1) is 5.92 Å². The summed E-state index contributed by atoms with van der Waals surface area (Å²) in [4.78, 5) is 22.5. The Kier molecular flexibility index (Phi) is 6.35. The topological polar surface area (TPSA) is 52.7 Å². The first-order chi connectivity index (χ1) is 21.9. The summed E-state index contributed by atoms with van der Waals surface area (Å²) < 4.78 is 3.37. The third-order valence-corrected chi connectivity index (χ3v) is 9.12. The van der Waals surface area contributed by atoms with E-state index in [0.29, 0.717) is 11.7 Å². The molecule has 1 unspecified atom stereocenters. The Balaban J connectivity index is 1.21. The number of hydrogen-bond donors (Lipinski definition) is 0. The highest BCUT2D eigenvalue weighted by molar-refractivity contribution is 5.95. The first-order valence-electron chi connectivity index (χ1n) is 15.4. The number of aryl methyl sites for hydroxylation is 2. The maximum absolute atomic E-state index is 12.4. The summed E-state index contributed by atoms with van der Waals surface area (Å²) in [6, 6.07) is 38.1. The maximum atomic E-state index is 12.4. The van der Waals surface area contributed by atoms with E-state index in [4.69, 9.17) is 9.97 Å². The Morgan fingerprint density at radius 1 is 0.644 bits per heavy atom. The lowest BCUT2D eigenvalue weighted by Gasteiger charge is -2.18. The van der Waals surface area contributed by atoms with Gasteiger partial charge in [-0.3, -0.25) is 9.13 Å². The van der Waals surface area contributed by atoms with Crippen LogP contribution in [0.15, 0.2) is 120 Å². The van der Waals surface area contributed by atoms with Gasteiger partial charge in [0, 0.05) is 30.8 Å². The van der Waals surface area contributed by atoms with Crippen molar-refractivity contribution in [2.75, 3.05) is 0 Å². The normalized spacial score (nSPS) is 14.2. The van der Waals surface area contributed by atoms with Crippen molar-refractivity contribution in [1.82, 2.24) is 19.1 Å². The van der Waals surface area contributed by atoms with E-state index in [1.807, 2.05) is 38.4 Å². The van der Waals surface area contributed by atoms with E-state index in [1.54, 1.807) is 9.13 Å². The van der Waals surface area contributed by atoms with Gasteiger partial charge < -0.3 is 0 Å².